The largest absolute Gasteiger partial charge is 0.490 e. The molecule has 0 spiro atoms. The predicted molar refractivity (Wildman–Crippen MR) is 99.4 cm³/mol. The summed E-state index contributed by atoms with van der Waals surface area (Å²) >= 11 is 7.64. The first-order valence-electron chi connectivity index (χ1n) is 7.55. The Morgan fingerprint density at radius 3 is 2.81 bits per heavy atom. The minimum atomic E-state index is -0.456. The third kappa shape index (κ3) is 4.14. The quantitative estimate of drug-likeness (QED) is 0.424. The van der Waals surface area contributed by atoms with Gasteiger partial charge in [-0.25, -0.2) is 0 Å². The van der Waals surface area contributed by atoms with Crippen molar-refractivity contribution in [1.82, 2.24) is 10.1 Å². The predicted octanol–water partition coefficient (Wildman–Crippen LogP) is 4.74. The highest BCUT2D eigenvalue weighted by Gasteiger charge is 2.16. The molecule has 7 nitrogen and oxygen atoms in total. The summed E-state index contributed by atoms with van der Waals surface area (Å²) in [5, 5.41) is 15.6. The van der Waals surface area contributed by atoms with E-state index in [1.54, 1.807) is 18.2 Å². The molecule has 0 aliphatic rings. The van der Waals surface area contributed by atoms with E-state index >= 15 is 0 Å². The van der Waals surface area contributed by atoms with Gasteiger partial charge in [-0.15, -0.1) is 11.8 Å². The van der Waals surface area contributed by atoms with Crippen molar-refractivity contribution in [1.29, 1.82) is 0 Å². The highest BCUT2D eigenvalue weighted by atomic mass is 35.5. The Labute approximate surface area is 158 Å². The van der Waals surface area contributed by atoms with Gasteiger partial charge in [-0.2, -0.15) is 4.98 Å². The first kappa shape index (κ1) is 18.2. The molecular formula is C17H14ClN3O4S. The molecule has 0 bridgehead atoms. The lowest BCUT2D eigenvalue weighted by Crippen LogP contribution is -1.95. The molecule has 3 aromatic rings. The molecule has 0 N–H and O–H groups in total. The number of methoxy groups -OCH3 is 1. The van der Waals surface area contributed by atoms with Crippen LogP contribution in [0.25, 0.3) is 11.5 Å². The summed E-state index contributed by atoms with van der Waals surface area (Å²) in [6, 6.07) is 12.1. The second-order valence-electron chi connectivity index (χ2n) is 5.25. The monoisotopic (exact) mass is 391 g/mol. The van der Waals surface area contributed by atoms with E-state index in [0.717, 1.165) is 5.56 Å². The van der Waals surface area contributed by atoms with Crippen LogP contribution in [0.5, 0.6) is 5.75 Å². The van der Waals surface area contributed by atoms with Crippen LogP contribution in [0, 0.1) is 10.1 Å². The average molecular weight is 392 g/mol. The van der Waals surface area contributed by atoms with Gasteiger partial charge in [0.15, 0.2) is 11.6 Å². The van der Waals surface area contributed by atoms with Gasteiger partial charge in [-0.1, -0.05) is 35.0 Å². The van der Waals surface area contributed by atoms with Crippen molar-refractivity contribution in [3.05, 3.63) is 69.0 Å². The summed E-state index contributed by atoms with van der Waals surface area (Å²) in [5.74, 6) is 2.22. The fraction of sp³-hybridized carbons (Fsp3) is 0.176. The maximum Gasteiger partial charge on any atom is 0.311 e. The van der Waals surface area contributed by atoms with Crippen LogP contribution in [-0.4, -0.2) is 22.2 Å². The van der Waals surface area contributed by atoms with Gasteiger partial charge in [-0.05, 0) is 23.8 Å². The van der Waals surface area contributed by atoms with E-state index in [-0.39, 0.29) is 11.4 Å². The summed E-state index contributed by atoms with van der Waals surface area (Å²) in [6.45, 7) is 0. The number of nitro benzene ring substituents is 1. The van der Waals surface area contributed by atoms with Gasteiger partial charge in [0.1, 0.15) is 0 Å². The number of rotatable bonds is 7. The molecule has 0 radical (unpaired) electrons. The maximum absolute atomic E-state index is 11.1. The first-order chi connectivity index (χ1) is 12.6. The van der Waals surface area contributed by atoms with Gasteiger partial charge >= 0.3 is 5.69 Å². The van der Waals surface area contributed by atoms with E-state index in [1.807, 2.05) is 18.2 Å². The number of nitro groups is 1. The lowest BCUT2D eigenvalue weighted by Gasteiger charge is -2.04. The number of aromatic nitrogens is 2. The molecule has 0 aliphatic carbocycles. The first-order valence-corrected chi connectivity index (χ1v) is 9.08. The van der Waals surface area contributed by atoms with Crippen LogP contribution in [0.4, 0.5) is 5.69 Å². The minimum absolute atomic E-state index is 0.0498. The summed E-state index contributed by atoms with van der Waals surface area (Å²) in [7, 11) is 1.41. The second kappa shape index (κ2) is 8.20. The number of hydrogen-bond donors (Lipinski definition) is 0. The van der Waals surface area contributed by atoms with Crippen molar-refractivity contribution >= 4 is 29.1 Å². The van der Waals surface area contributed by atoms with Crippen molar-refractivity contribution in [3.8, 4) is 17.2 Å². The summed E-state index contributed by atoms with van der Waals surface area (Å²) in [4.78, 5) is 14.9. The molecule has 0 saturated carbocycles. The molecule has 0 amide bonds. The zero-order valence-electron chi connectivity index (χ0n) is 13.7. The SMILES string of the molecule is COc1ccc(CSCc2noc(-c3ccccc3Cl)n2)cc1[N+](=O)[O-]. The van der Waals surface area contributed by atoms with E-state index in [9.17, 15) is 10.1 Å². The molecule has 0 aliphatic heterocycles. The topological polar surface area (TPSA) is 91.3 Å². The van der Waals surface area contributed by atoms with Gasteiger partial charge in [-0.3, -0.25) is 10.1 Å². The molecule has 0 atom stereocenters. The van der Waals surface area contributed by atoms with E-state index in [4.69, 9.17) is 20.9 Å². The highest BCUT2D eigenvalue weighted by Crippen LogP contribution is 2.30. The summed E-state index contributed by atoms with van der Waals surface area (Å²) < 4.78 is 10.2. The standard InChI is InChI=1S/C17H14ClN3O4S/c1-24-15-7-6-11(8-14(15)21(22)23)9-26-10-16-19-17(25-20-16)12-4-2-3-5-13(12)18/h2-8H,9-10H2,1H3. The van der Waals surface area contributed by atoms with Gasteiger partial charge < -0.3 is 9.26 Å². The molecule has 0 saturated heterocycles. The van der Waals surface area contributed by atoms with Crippen molar-refractivity contribution in [2.45, 2.75) is 11.5 Å². The number of thioether (sulfide) groups is 1. The van der Waals surface area contributed by atoms with E-state index < -0.39 is 4.92 Å². The fourth-order valence-electron chi connectivity index (χ4n) is 2.28. The summed E-state index contributed by atoms with van der Waals surface area (Å²) in [5.41, 5.74) is 1.45. The molecule has 0 unspecified atom stereocenters. The molecule has 2 aromatic carbocycles. The molecule has 9 heteroatoms. The van der Waals surface area contributed by atoms with Crippen LogP contribution in [0.3, 0.4) is 0 Å². The average Bonchev–Trinajstić information content (AvgIpc) is 3.10. The number of halogens is 1. The van der Waals surface area contributed by atoms with Crippen molar-refractivity contribution in [3.63, 3.8) is 0 Å². The van der Waals surface area contributed by atoms with Crippen molar-refractivity contribution in [2.75, 3.05) is 7.11 Å². The Kier molecular flexibility index (Phi) is 5.75. The van der Waals surface area contributed by atoms with Crippen molar-refractivity contribution < 1.29 is 14.2 Å². The number of benzene rings is 2. The maximum atomic E-state index is 11.1. The van der Waals surface area contributed by atoms with Crippen LogP contribution in [0.15, 0.2) is 47.0 Å². The van der Waals surface area contributed by atoms with E-state index in [1.165, 1.54) is 24.9 Å². The van der Waals surface area contributed by atoms with Crippen LogP contribution in [-0.2, 0) is 11.5 Å². The Morgan fingerprint density at radius 2 is 2.08 bits per heavy atom. The zero-order chi connectivity index (χ0) is 18.5. The van der Waals surface area contributed by atoms with E-state index in [0.29, 0.717) is 33.8 Å². The Hall–Kier alpha value is -2.58. The number of ether oxygens (including phenoxy) is 1. The third-order valence-corrected chi connectivity index (χ3v) is 4.84. The fourth-order valence-corrected chi connectivity index (χ4v) is 3.32. The molecule has 1 heterocycles. The smallest absolute Gasteiger partial charge is 0.311 e. The molecule has 3 rings (SSSR count). The summed E-state index contributed by atoms with van der Waals surface area (Å²) in [6.07, 6.45) is 0. The highest BCUT2D eigenvalue weighted by molar-refractivity contribution is 7.97. The van der Waals surface area contributed by atoms with Crippen LogP contribution < -0.4 is 4.74 Å². The molecule has 0 fully saturated rings. The Morgan fingerprint density at radius 1 is 1.27 bits per heavy atom. The normalized spacial score (nSPS) is 10.7. The lowest BCUT2D eigenvalue weighted by atomic mass is 10.2. The molecular weight excluding hydrogens is 378 g/mol. The second-order valence-corrected chi connectivity index (χ2v) is 6.64. The van der Waals surface area contributed by atoms with Gasteiger partial charge in [0.2, 0.25) is 0 Å². The van der Waals surface area contributed by atoms with E-state index in [2.05, 4.69) is 10.1 Å². The van der Waals surface area contributed by atoms with Crippen LogP contribution in [0.2, 0.25) is 5.02 Å². The number of nitrogens with zero attached hydrogens (tertiary/aromatic N) is 3. The number of hydrogen-bond acceptors (Lipinski definition) is 7. The minimum Gasteiger partial charge on any atom is -0.490 e. The van der Waals surface area contributed by atoms with Gasteiger partial charge in [0.05, 0.1) is 28.4 Å². The third-order valence-electron chi connectivity index (χ3n) is 3.51. The van der Waals surface area contributed by atoms with Crippen LogP contribution >= 0.6 is 23.4 Å². The van der Waals surface area contributed by atoms with Gasteiger partial charge in [0, 0.05) is 11.8 Å². The molecule has 26 heavy (non-hydrogen) atoms. The molecule has 1 aromatic heterocycles. The van der Waals surface area contributed by atoms with Crippen LogP contribution in [0.1, 0.15) is 11.4 Å². The van der Waals surface area contributed by atoms with Crippen molar-refractivity contribution in [2.24, 2.45) is 0 Å². The Balaban J connectivity index is 1.63. The molecule has 134 valence electrons. The Bertz CT molecular complexity index is 932. The zero-order valence-corrected chi connectivity index (χ0v) is 15.3. The lowest BCUT2D eigenvalue weighted by molar-refractivity contribution is -0.385. The van der Waals surface area contributed by atoms with Gasteiger partial charge in [0.25, 0.3) is 5.89 Å².